The van der Waals surface area contributed by atoms with Gasteiger partial charge in [-0.15, -0.1) is 0 Å². The first-order chi connectivity index (χ1) is 17.5. The van der Waals surface area contributed by atoms with Crippen molar-refractivity contribution >= 4 is 28.3 Å². The van der Waals surface area contributed by atoms with Gasteiger partial charge in [-0.2, -0.15) is 5.10 Å². The Bertz CT molecular complexity index is 1430. The Balaban J connectivity index is 1.20. The highest BCUT2D eigenvalue weighted by molar-refractivity contribution is 6.05. The number of aliphatic hydroxyl groups is 1. The van der Waals surface area contributed by atoms with Gasteiger partial charge in [-0.1, -0.05) is 12.1 Å². The molecule has 3 aromatic heterocycles. The fraction of sp³-hybridized carbons (Fsp3) is 0.333. The van der Waals surface area contributed by atoms with E-state index in [1.165, 1.54) is 0 Å². The smallest absolute Gasteiger partial charge is 0.257 e. The van der Waals surface area contributed by atoms with Crippen molar-refractivity contribution in [1.29, 1.82) is 0 Å². The lowest BCUT2D eigenvalue weighted by atomic mass is 9.73. The second-order valence-corrected chi connectivity index (χ2v) is 9.87. The van der Waals surface area contributed by atoms with E-state index >= 15 is 0 Å². The van der Waals surface area contributed by atoms with Crippen LogP contribution in [0.1, 0.15) is 28.9 Å². The normalized spacial score (nSPS) is 16.8. The van der Waals surface area contributed by atoms with Crippen LogP contribution in [-0.2, 0) is 13.7 Å². The van der Waals surface area contributed by atoms with Crippen LogP contribution in [0, 0.1) is 5.41 Å². The number of fused-ring (bicyclic) bond motifs is 1. The minimum Gasteiger partial charge on any atom is -0.390 e. The maximum Gasteiger partial charge on any atom is 0.257 e. The summed E-state index contributed by atoms with van der Waals surface area (Å²) in [5, 5.41) is 22.2. The van der Waals surface area contributed by atoms with Gasteiger partial charge in [0.05, 0.1) is 18.5 Å². The first-order valence-electron chi connectivity index (χ1n) is 12.3. The largest absolute Gasteiger partial charge is 0.390 e. The number of carbonyl (C=O) groups is 1. The third-order valence-corrected chi connectivity index (χ3v) is 7.64. The molecule has 1 amide bonds. The molecule has 0 unspecified atom stereocenters. The summed E-state index contributed by atoms with van der Waals surface area (Å²) in [6.45, 7) is 4.06. The number of pyridine rings is 2. The molecule has 184 valence electrons. The zero-order valence-corrected chi connectivity index (χ0v) is 20.2. The van der Waals surface area contributed by atoms with Gasteiger partial charge in [-0.05, 0) is 53.5 Å². The third kappa shape index (κ3) is 4.10. The van der Waals surface area contributed by atoms with Gasteiger partial charge in [0.15, 0.2) is 0 Å². The van der Waals surface area contributed by atoms with E-state index in [-0.39, 0.29) is 12.5 Å². The van der Waals surface area contributed by atoms with Crippen LogP contribution in [0.4, 0.5) is 11.6 Å². The number of benzene rings is 1. The topological polar surface area (TPSA) is 108 Å². The van der Waals surface area contributed by atoms with Crippen LogP contribution < -0.4 is 15.5 Å². The molecular weight excluding hydrogens is 454 g/mol. The van der Waals surface area contributed by atoms with Crippen molar-refractivity contribution in [2.45, 2.75) is 19.4 Å². The number of hydrogen-bond donors (Lipinski definition) is 3. The lowest BCUT2D eigenvalue weighted by Gasteiger charge is -2.48. The number of aromatic nitrogens is 4. The van der Waals surface area contributed by atoms with Gasteiger partial charge in [-0.3, -0.25) is 9.48 Å². The van der Waals surface area contributed by atoms with Crippen molar-refractivity contribution in [3.8, 4) is 11.1 Å². The molecule has 0 aliphatic carbocycles. The van der Waals surface area contributed by atoms with Crippen LogP contribution in [0.5, 0.6) is 0 Å². The van der Waals surface area contributed by atoms with Crippen LogP contribution >= 0.6 is 0 Å². The van der Waals surface area contributed by atoms with E-state index in [2.05, 4.69) is 30.6 Å². The number of amides is 1. The monoisotopic (exact) mass is 483 g/mol. The summed E-state index contributed by atoms with van der Waals surface area (Å²) in [7, 11) is 1.81. The molecule has 2 aliphatic rings. The first kappa shape index (κ1) is 22.6. The second-order valence-electron chi connectivity index (χ2n) is 9.87. The van der Waals surface area contributed by atoms with Crippen molar-refractivity contribution in [2.75, 3.05) is 36.4 Å². The van der Waals surface area contributed by atoms with Crippen molar-refractivity contribution < 1.29 is 9.90 Å². The summed E-state index contributed by atoms with van der Waals surface area (Å²) in [5.74, 6) is 1.11. The minimum atomic E-state index is -0.215. The summed E-state index contributed by atoms with van der Waals surface area (Å²) in [6, 6.07) is 11.5. The molecule has 0 bridgehead atoms. The van der Waals surface area contributed by atoms with Gasteiger partial charge in [-0.25, -0.2) is 9.97 Å². The van der Waals surface area contributed by atoms with Gasteiger partial charge in [0.2, 0.25) is 0 Å². The van der Waals surface area contributed by atoms with E-state index < -0.39 is 0 Å². The summed E-state index contributed by atoms with van der Waals surface area (Å²) in [5.41, 5.74) is 3.60. The predicted molar refractivity (Wildman–Crippen MR) is 139 cm³/mol. The number of aliphatic hydroxyl groups excluding tert-OH is 1. The minimum absolute atomic E-state index is 0.0923. The Kier molecular flexibility index (Phi) is 5.66. The van der Waals surface area contributed by atoms with E-state index in [0.717, 1.165) is 72.4 Å². The fourth-order valence-corrected chi connectivity index (χ4v) is 5.23. The SMILES string of the molecule is Cn1ncc(-c2ccc3cnc(NC(=O)c4ccnc(N5CCC6(CC5)CNC6)c4)cc3c2)c1CO. The molecule has 6 rings (SSSR count). The predicted octanol–water partition coefficient (Wildman–Crippen LogP) is 2.96. The summed E-state index contributed by atoms with van der Waals surface area (Å²) < 4.78 is 1.67. The Morgan fingerprint density at radius 1 is 1.08 bits per heavy atom. The van der Waals surface area contributed by atoms with Gasteiger partial charge in [0.1, 0.15) is 11.6 Å². The number of hydrogen-bond acceptors (Lipinski definition) is 7. The molecule has 2 aliphatic heterocycles. The van der Waals surface area contributed by atoms with Crippen LogP contribution in [0.3, 0.4) is 0 Å². The van der Waals surface area contributed by atoms with Crippen molar-refractivity contribution in [1.82, 2.24) is 25.1 Å². The zero-order valence-electron chi connectivity index (χ0n) is 20.2. The molecule has 9 heteroatoms. The van der Waals surface area contributed by atoms with Crippen molar-refractivity contribution in [2.24, 2.45) is 12.5 Å². The van der Waals surface area contributed by atoms with Gasteiger partial charge in [0, 0.05) is 62.1 Å². The van der Waals surface area contributed by atoms with E-state index in [0.29, 0.717) is 16.8 Å². The average Bonchev–Trinajstić information content (AvgIpc) is 3.27. The first-order valence-corrected chi connectivity index (χ1v) is 12.3. The Labute approximate surface area is 209 Å². The number of carbonyl (C=O) groups excluding carboxylic acids is 1. The number of nitrogens with zero attached hydrogens (tertiary/aromatic N) is 5. The van der Waals surface area contributed by atoms with Crippen LogP contribution in [-0.4, -0.2) is 56.9 Å². The van der Waals surface area contributed by atoms with Gasteiger partial charge in [0.25, 0.3) is 5.91 Å². The molecule has 2 fully saturated rings. The number of rotatable bonds is 5. The van der Waals surface area contributed by atoms with E-state index in [1.54, 1.807) is 29.3 Å². The number of aryl methyl sites for hydroxylation is 1. The second kappa shape index (κ2) is 9.00. The van der Waals surface area contributed by atoms with E-state index in [1.807, 2.05) is 37.4 Å². The third-order valence-electron chi connectivity index (χ3n) is 7.64. The molecule has 0 atom stereocenters. The van der Waals surface area contributed by atoms with E-state index in [4.69, 9.17) is 0 Å². The summed E-state index contributed by atoms with van der Waals surface area (Å²) in [6.07, 6.45) is 7.51. The molecule has 1 spiro atoms. The highest BCUT2D eigenvalue weighted by atomic mass is 16.3. The average molecular weight is 484 g/mol. The molecular formula is C27H29N7O2. The molecule has 1 aromatic carbocycles. The van der Waals surface area contributed by atoms with E-state index in [9.17, 15) is 9.90 Å². The number of anilines is 2. The molecule has 0 saturated carbocycles. The fourth-order valence-electron chi connectivity index (χ4n) is 5.23. The van der Waals surface area contributed by atoms with Crippen LogP contribution in [0.25, 0.3) is 21.9 Å². The molecule has 3 N–H and O–H groups in total. The number of nitrogens with one attached hydrogen (secondary N) is 2. The van der Waals surface area contributed by atoms with Gasteiger partial charge < -0.3 is 20.6 Å². The Morgan fingerprint density at radius 3 is 2.67 bits per heavy atom. The highest BCUT2D eigenvalue weighted by Gasteiger charge is 2.39. The van der Waals surface area contributed by atoms with Gasteiger partial charge >= 0.3 is 0 Å². The lowest BCUT2D eigenvalue weighted by Crippen LogP contribution is -2.58. The lowest BCUT2D eigenvalue weighted by molar-refractivity contribution is 0.102. The van der Waals surface area contributed by atoms with Crippen LogP contribution in [0.2, 0.25) is 0 Å². The zero-order chi connectivity index (χ0) is 24.7. The summed E-state index contributed by atoms with van der Waals surface area (Å²) in [4.78, 5) is 24.3. The van der Waals surface area contributed by atoms with Crippen LogP contribution in [0.15, 0.2) is 55.0 Å². The Morgan fingerprint density at radius 2 is 1.92 bits per heavy atom. The molecule has 36 heavy (non-hydrogen) atoms. The number of piperidine rings is 1. The standard InChI is InChI=1S/C27H29N7O2/c1-33-23(15-35)22(14-31-33)18-2-3-20-13-30-24(11-21(20)10-18)32-26(36)19-4-7-29-25(12-19)34-8-5-27(6-9-34)16-28-17-27/h2-4,7,10-14,28,35H,5-6,8-9,15-17H2,1H3,(H,30,32,36). The molecule has 9 nitrogen and oxygen atoms in total. The van der Waals surface area contributed by atoms with Crippen molar-refractivity contribution in [3.05, 3.63) is 66.2 Å². The molecule has 4 aromatic rings. The molecule has 5 heterocycles. The quantitative estimate of drug-likeness (QED) is 0.401. The van der Waals surface area contributed by atoms with Crippen molar-refractivity contribution in [3.63, 3.8) is 0 Å². The summed E-state index contributed by atoms with van der Waals surface area (Å²) >= 11 is 0. The maximum atomic E-state index is 13.1. The molecule has 0 radical (unpaired) electrons. The Hall–Kier alpha value is -3.82. The highest BCUT2D eigenvalue weighted by Crippen LogP contribution is 2.36. The molecule has 2 saturated heterocycles. The maximum absolute atomic E-state index is 13.1.